The summed E-state index contributed by atoms with van der Waals surface area (Å²) in [5.41, 5.74) is 2.82. The Kier molecular flexibility index (Phi) is 11.3. The van der Waals surface area contributed by atoms with E-state index in [2.05, 4.69) is 49.6 Å². The highest BCUT2D eigenvalue weighted by Gasteiger charge is 1.90. The van der Waals surface area contributed by atoms with E-state index < -0.39 is 11.9 Å². The third-order valence-corrected chi connectivity index (χ3v) is 2.80. The van der Waals surface area contributed by atoms with Crippen LogP contribution in [0.4, 0.5) is 0 Å². The van der Waals surface area contributed by atoms with Crippen molar-refractivity contribution in [3.05, 3.63) is 96.1 Å². The van der Waals surface area contributed by atoms with Crippen LogP contribution in [-0.4, -0.2) is 22.2 Å². The lowest BCUT2D eigenvalue weighted by molar-refractivity contribution is -0.133. The van der Waals surface area contributed by atoms with E-state index in [0.29, 0.717) is 0 Å². The average Bonchev–Trinajstić information content (AvgIpc) is 2.62. The summed E-state index contributed by atoms with van der Waals surface area (Å²) < 4.78 is 0. The Morgan fingerprint density at radius 3 is 1.12 bits per heavy atom. The summed E-state index contributed by atoms with van der Waals surface area (Å²) >= 11 is 0. The van der Waals surface area contributed by atoms with E-state index in [1.165, 1.54) is 25.0 Å². The van der Waals surface area contributed by atoms with Crippen LogP contribution in [0.2, 0.25) is 0 Å². The number of aliphatic carboxylic acids is 2. The normalized spacial score (nSPS) is 9.15. The fraction of sp³-hybridized carbons (Fsp3) is 0.0909. The number of carboxylic acids is 2. The minimum atomic E-state index is -0.935. The molecule has 2 aromatic carbocycles. The van der Waals surface area contributed by atoms with Crippen LogP contribution in [0.3, 0.4) is 0 Å². The van der Waals surface area contributed by atoms with E-state index in [-0.39, 0.29) is 11.1 Å². The Hall–Kier alpha value is -3.40. The molecule has 136 valence electrons. The summed E-state index contributed by atoms with van der Waals surface area (Å²) in [7, 11) is 0. The van der Waals surface area contributed by atoms with Crippen molar-refractivity contribution in [1.29, 1.82) is 0 Å². The largest absolute Gasteiger partial charge is 0.478 e. The highest BCUT2D eigenvalue weighted by atomic mass is 16.4. The lowest BCUT2D eigenvalue weighted by atomic mass is 10.1. The first-order valence-electron chi connectivity index (χ1n) is 7.79. The third-order valence-electron chi connectivity index (χ3n) is 2.80. The molecule has 0 fully saturated rings. The second kappa shape index (κ2) is 13.0. The van der Waals surface area contributed by atoms with Gasteiger partial charge in [0.15, 0.2) is 0 Å². The predicted molar refractivity (Wildman–Crippen MR) is 107 cm³/mol. The van der Waals surface area contributed by atoms with Gasteiger partial charge in [0.05, 0.1) is 0 Å². The van der Waals surface area contributed by atoms with Gasteiger partial charge in [-0.3, -0.25) is 0 Å². The second-order valence-corrected chi connectivity index (χ2v) is 5.33. The lowest BCUT2D eigenvalue weighted by Gasteiger charge is -1.92. The monoisotopic (exact) mass is 352 g/mol. The van der Waals surface area contributed by atoms with Crippen molar-refractivity contribution in [2.24, 2.45) is 0 Å². The zero-order valence-corrected chi connectivity index (χ0v) is 15.1. The molecule has 0 bridgehead atoms. The highest BCUT2D eigenvalue weighted by molar-refractivity contribution is 5.85. The van der Waals surface area contributed by atoms with Gasteiger partial charge in [-0.15, -0.1) is 0 Å². The summed E-state index contributed by atoms with van der Waals surface area (Å²) in [5, 5.41) is 15.8. The Morgan fingerprint density at radius 1 is 0.692 bits per heavy atom. The van der Waals surface area contributed by atoms with Gasteiger partial charge < -0.3 is 10.2 Å². The van der Waals surface area contributed by atoms with Crippen LogP contribution in [0.25, 0.3) is 12.2 Å². The topological polar surface area (TPSA) is 74.6 Å². The first kappa shape index (κ1) is 22.6. The zero-order chi connectivity index (χ0) is 19.9. The van der Waals surface area contributed by atoms with Crippen molar-refractivity contribution in [3.63, 3.8) is 0 Å². The summed E-state index contributed by atoms with van der Waals surface area (Å²) in [6.07, 6.45) is 4.24. The predicted octanol–water partition coefficient (Wildman–Crippen LogP) is 5.15. The molecule has 4 nitrogen and oxygen atoms in total. The van der Waals surface area contributed by atoms with Gasteiger partial charge in [-0.25, -0.2) is 9.59 Å². The SMILES string of the molecule is C(=Cc1ccccc1)c1ccccc1.C=C(C)C(=O)O.C=C(C)C(=O)O. The standard InChI is InChI=1S/C14H12.2C4H6O2/c1-3-7-13(8-4-1)11-12-14-9-5-2-6-10-14;2*1-3(2)4(5)6/h1-12H;2*1H2,2H3,(H,5,6). The van der Waals surface area contributed by atoms with Crippen molar-refractivity contribution in [2.75, 3.05) is 0 Å². The summed E-state index contributed by atoms with van der Waals surface area (Å²) in [6.45, 7) is 9.20. The molecule has 0 spiro atoms. The van der Waals surface area contributed by atoms with Gasteiger partial charge in [0.2, 0.25) is 0 Å². The Morgan fingerprint density at radius 2 is 0.923 bits per heavy atom. The number of rotatable bonds is 4. The second-order valence-electron chi connectivity index (χ2n) is 5.33. The van der Waals surface area contributed by atoms with E-state index in [1.807, 2.05) is 36.4 Å². The van der Waals surface area contributed by atoms with E-state index in [0.717, 1.165) is 0 Å². The molecular weight excluding hydrogens is 328 g/mol. The minimum Gasteiger partial charge on any atom is -0.478 e. The van der Waals surface area contributed by atoms with Crippen molar-refractivity contribution in [3.8, 4) is 0 Å². The highest BCUT2D eigenvalue weighted by Crippen LogP contribution is 2.06. The third kappa shape index (κ3) is 12.1. The Bertz CT molecular complexity index is 655. The van der Waals surface area contributed by atoms with Gasteiger partial charge in [-0.05, 0) is 25.0 Å². The van der Waals surface area contributed by atoms with Gasteiger partial charge in [-0.2, -0.15) is 0 Å². The first-order chi connectivity index (χ1) is 12.2. The van der Waals surface area contributed by atoms with Crippen LogP contribution in [0.15, 0.2) is 85.0 Å². The quantitative estimate of drug-likeness (QED) is 0.589. The molecule has 26 heavy (non-hydrogen) atoms. The Labute approximate surface area is 154 Å². The van der Waals surface area contributed by atoms with Crippen molar-refractivity contribution < 1.29 is 19.8 Å². The Balaban J connectivity index is 0.000000437. The van der Waals surface area contributed by atoms with Gasteiger partial charge in [-0.1, -0.05) is 86.0 Å². The van der Waals surface area contributed by atoms with Gasteiger partial charge in [0, 0.05) is 11.1 Å². The number of hydrogen-bond donors (Lipinski definition) is 2. The smallest absolute Gasteiger partial charge is 0.330 e. The molecule has 0 amide bonds. The van der Waals surface area contributed by atoms with Gasteiger partial charge >= 0.3 is 11.9 Å². The maximum absolute atomic E-state index is 9.60. The van der Waals surface area contributed by atoms with Crippen LogP contribution < -0.4 is 0 Å². The lowest BCUT2D eigenvalue weighted by Crippen LogP contribution is -1.92. The van der Waals surface area contributed by atoms with Gasteiger partial charge in [0.25, 0.3) is 0 Å². The number of hydrogen-bond acceptors (Lipinski definition) is 2. The van der Waals surface area contributed by atoms with Gasteiger partial charge in [0.1, 0.15) is 0 Å². The van der Waals surface area contributed by atoms with E-state index in [9.17, 15) is 9.59 Å². The number of carboxylic acid groups (broad SMARTS) is 2. The number of carbonyl (C=O) groups is 2. The molecule has 4 heteroatoms. The van der Waals surface area contributed by atoms with Crippen molar-refractivity contribution >= 4 is 24.1 Å². The molecule has 2 rings (SSSR count). The van der Waals surface area contributed by atoms with E-state index >= 15 is 0 Å². The molecule has 0 unspecified atom stereocenters. The number of benzene rings is 2. The molecule has 0 aliphatic carbocycles. The van der Waals surface area contributed by atoms with E-state index in [4.69, 9.17) is 10.2 Å². The van der Waals surface area contributed by atoms with Crippen LogP contribution in [0.5, 0.6) is 0 Å². The maximum Gasteiger partial charge on any atom is 0.330 e. The molecule has 0 saturated carbocycles. The van der Waals surface area contributed by atoms with Crippen LogP contribution in [0.1, 0.15) is 25.0 Å². The molecule has 0 aromatic heterocycles. The molecule has 0 atom stereocenters. The van der Waals surface area contributed by atoms with Crippen molar-refractivity contribution in [1.82, 2.24) is 0 Å². The molecule has 2 aromatic rings. The molecule has 0 aliphatic heterocycles. The molecule has 0 saturated heterocycles. The zero-order valence-electron chi connectivity index (χ0n) is 15.1. The van der Waals surface area contributed by atoms with E-state index in [1.54, 1.807) is 0 Å². The molecule has 0 heterocycles. The fourth-order valence-electron chi connectivity index (χ4n) is 1.32. The molecule has 0 aliphatic rings. The molecular formula is C22H24O4. The fourth-order valence-corrected chi connectivity index (χ4v) is 1.32. The average molecular weight is 352 g/mol. The summed E-state index contributed by atoms with van der Waals surface area (Å²) in [5.74, 6) is -1.87. The first-order valence-corrected chi connectivity index (χ1v) is 7.79. The molecule has 0 radical (unpaired) electrons. The van der Waals surface area contributed by atoms with Crippen LogP contribution in [0, 0.1) is 0 Å². The van der Waals surface area contributed by atoms with Crippen LogP contribution >= 0.6 is 0 Å². The van der Waals surface area contributed by atoms with Crippen LogP contribution in [-0.2, 0) is 9.59 Å². The summed E-state index contributed by atoms with van der Waals surface area (Å²) in [4.78, 5) is 19.2. The summed E-state index contributed by atoms with van der Waals surface area (Å²) in [6, 6.07) is 20.6. The van der Waals surface area contributed by atoms with Crippen molar-refractivity contribution in [2.45, 2.75) is 13.8 Å². The maximum atomic E-state index is 9.60. The molecule has 2 N–H and O–H groups in total. The minimum absolute atomic E-state index is 0.176.